The van der Waals surface area contributed by atoms with Gasteiger partial charge in [-0.05, 0) is 43.2 Å². The summed E-state index contributed by atoms with van der Waals surface area (Å²) in [7, 11) is 0. The zero-order chi connectivity index (χ0) is 28.6. The molecule has 11 heteroatoms. The van der Waals surface area contributed by atoms with Crippen molar-refractivity contribution in [3.8, 4) is 5.75 Å². The maximum Gasteiger partial charge on any atom is 0.255 e. The first-order valence-electron chi connectivity index (χ1n) is 12.8. The van der Waals surface area contributed by atoms with E-state index in [4.69, 9.17) is 4.74 Å². The molecular weight excluding hydrogens is 507 g/mol. The van der Waals surface area contributed by atoms with Gasteiger partial charge in [-0.25, -0.2) is 4.39 Å². The Bertz CT molecular complexity index is 1180. The normalized spacial score (nSPS) is 20.1. The molecule has 1 aliphatic heterocycles. The van der Waals surface area contributed by atoms with Crippen molar-refractivity contribution in [3.05, 3.63) is 65.5 Å². The molecule has 4 amide bonds. The van der Waals surface area contributed by atoms with Gasteiger partial charge in [-0.3, -0.25) is 19.2 Å². The van der Waals surface area contributed by atoms with Gasteiger partial charge in [-0.15, -0.1) is 0 Å². The topological polar surface area (TPSA) is 146 Å². The molecule has 2 aromatic rings. The minimum Gasteiger partial charge on any atom is -0.493 e. The number of rotatable bonds is 5. The predicted molar refractivity (Wildman–Crippen MR) is 141 cm³/mol. The molecule has 2 aromatic carbocycles. The minimum atomic E-state index is -1.31. The summed E-state index contributed by atoms with van der Waals surface area (Å²) in [6.07, 6.45) is -1.28. The third-order valence-corrected chi connectivity index (χ3v) is 6.43. The van der Waals surface area contributed by atoms with Crippen molar-refractivity contribution >= 4 is 23.6 Å². The van der Waals surface area contributed by atoms with Crippen LogP contribution < -0.4 is 26.0 Å². The number of aliphatic hydroxyl groups excluding tert-OH is 1. The maximum atomic E-state index is 13.4. The van der Waals surface area contributed by atoms with Crippen LogP contribution in [0.1, 0.15) is 49.5 Å². The molecule has 0 radical (unpaired) electrons. The number of fused-ring (bicyclic) bond motifs is 1. The van der Waals surface area contributed by atoms with Gasteiger partial charge < -0.3 is 31.1 Å². The van der Waals surface area contributed by atoms with E-state index in [1.165, 1.54) is 19.1 Å². The van der Waals surface area contributed by atoms with Crippen molar-refractivity contribution in [2.45, 2.75) is 57.2 Å². The summed E-state index contributed by atoms with van der Waals surface area (Å²) < 4.78 is 19.1. The summed E-state index contributed by atoms with van der Waals surface area (Å²) in [5.41, 5.74) is 0.374. The van der Waals surface area contributed by atoms with Crippen molar-refractivity contribution in [3.63, 3.8) is 0 Å². The number of halogens is 1. The molecule has 39 heavy (non-hydrogen) atoms. The molecule has 0 fully saturated rings. The molecule has 0 aliphatic carbocycles. The molecule has 1 heterocycles. The van der Waals surface area contributed by atoms with E-state index in [1.54, 1.807) is 36.4 Å². The lowest BCUT2D eigenvalue weighted by atomic mass is 9.84. The van der Waals surface area contributed by atoms with Crippen LogP contribution in [0.2, 0.25) is 0 Å². The molecule has 0 saturated heterocycles. The van der Waals surface area contributed by atoms with Crippen LogP contribution in [-0.4, -0.2) is 66.6 Å². The number of ether oxygens (including phenoxy) is 1. The van der Waals surface area contributed by atoms with Gasteiger partial charge >= 0.3 is 0 Å². The number of carbonyl (C=O) groups excluding carboxylic acids is 4. The van der Waals surface area contributed by atoms with Gasteiger partial charge in [0.2, 0.25) is 17.7 Å². The van der Waals surface area contributed by atoms with Gasteiger partial charge in [0, 0.05) is 18.5 Å². The zero-order valence-electron chi connectivity index (χ0n) is 22.3. The second kappa shape index (κ2) is 13.2. The Morgan fingerprint density at radius 1 is 1.13 bits per heavy atom. The molecule has 0 bridgehead atoms. The molecular formula is C28H35FN4O6. The highest BCUT2D eigenvalue weighted by Gasteiger charge is 2.31. The smallest absolute Gasteiger partial charge is 0.255 e. The summed E-state index contributed by atoms with van der Waals surface area (Å²) >= 11 is 0. The number of hydrogen-bond donors (Lipinski definition) is 5. The van der Waals surface area contributed by atoms with Crippen molar-refractivity contribution < 1.29 is 33.4 Å². The minimum absolute atomic E-state index is 0.129. The van der Waals surface area contributed by atoms with Gasteiger partial charge in [-0.2, -0.15) is 0 Å². The standard InChI is InChI=1S/C28H35FN4O6/c1-17(34)24-27(38)30-13-6-14-39-22-8-5-4-7-20(22)25(36)32-21(15-23(35)33-24)26(37)31-16-28(2,3)18-9-11-19(29)12-10-18/h4-5,7-12,17,21,24,34H,6,13-16H2,1-3H3,(H,30,38)(H,31,37)(H,32,36)(H,33,35)/t17-,21+,24+/m1/s1. The molecule has 3 atom stereocenters. The van der Waals surface area contributed by atoms with Gasteiger partial charge in [0.1, 0.15) is 23.7 Å². The van der Waals surface area contributed by atoms with Crippen LogP contribution in [0.25, 0.3) is 0 Å². The molecule has 3 rings (SSSR count). The third-order valence-electron chi connectivity index (χ3n) is 6.43. The Morgan fingerprint density at radius 2 is 1.82 bits per heavy atom. The number of hydrogen-bond acceptors (Lipinski definition) is 6. The lowest BCUT2D eigenvalue weighted by Crippen LogP contribution is -2.55. The second-order valence-corrected chi connectivity index (χ2v) is 10.1. The number of para-hydroxylation sites is 1. The summed E-state index contributed by atoms with van der Waals surface area (Å²) in [5.74, 6) is -2.63. The van der Waals surface area contributed by atoms with E-state index in [2.05, 4.69) is 21.3 Å². The number of nitrogens with one attached hydrogen (secondary N) is 4. The Hall–Kier alpha value is -3.99. The van der Waals surface area contributed by atoms with Crippen molar-refractivity contribution in [2.24, 2.45) is 0 Å². The van der Waals surface area contributed by atoms with Crippen LogP contribution in [0, 0.1) is 5.82 Å². The van der Waals surface area contributed by atoms with E-state index < -0.39 is 53.7 Å². The van der Waals surface area contributed by atoms with Crippen molar-refractivity contribution in [1.82, 2.24) is 21.3 Å². The quantitative estimate of drug-likeness (QED) is 0.384. The first kappa shape index (κ1) is 29.6. The fraction of sp³-hybridized carbons (Fsp3) is 0.429. The predicted octanol–water partition coefficient (Wildman–Crippen LogP) is 1.17. The van der Waals surface area contributed by atoms with Crippen LogP contribution in [0.5, 0.6) is 5.75 Å². The average Bonchev–Trinajstić information content (AvgIpc) is 2.89. The third kappa shape index (κ3) is 8.25. The lowest BCUT2D eigenvalue weighted by molar-refractivity contribution is -0.133. The Balaban J connectivity index is 1.84. The van der Waals surface area contributed by atoms with Gasteiger partial charge in [0.05, 0.1) is 24.7 Å². The van der Waals surface area contributed by atoms with Crippen molar-refractivity contribution in [1.29, 1.82) is 0 Å². The SMILES string of the molecule is C[C@@H](O)[C@@H]1NC(=O)C[C@@H](C(=O)NCC(C)(C)c2ccc(F)cc2)NC(=O)c2ccccc2OCCCNC1=O. The maximum absolute atomic E-state index is 13.4. The lowest BCUT2D eigenvalue weighted by Gasteiger charge is -2.27. The molecule has 0 spiro atoms. The first-order valence-corrected chi connectivity index (χ1v) is 12.8. The molecule has 0 aromatic heterocycles. The van der Waals surface area contributed by atoms with E-state index in [0.29, 0.717) is 12.2 Å². The Labute approximate surface area is 226 Å². The highest BCUT2D eigenvalue weighted by atomic mass is 19.1. The van der Waals surface area contributed by atoms with Gasteiger partial charge in [-0.1, -0.05) is 38.1 Å². The van der Waals surface area contributed by atoms with Crippen molar-refractivity contribution in [2.75, 3.05) is 19.7 Å². The number of aliphatic hydroxyl groups is 1. The molecule has 1 aliphatic rings. The summed E-state index contributed by atoms with van der Waals surface area (Å²) in [6, 6.07) is 9.85. The van der Waals surface area contributed by atoms with Crippen LogP contribution in [-0.2, 0) is 19.8 Å². The molecule has 210 valence electrons. The number of amides is 4. The molecule has 0 unspecified atom stereocenters. The average molecular weight is 543 g/mol. The summed E-state index contributed by atoms with van der Waals surface area (Å²) in [5, 5.41) is 20.6. The van der Waals surface area contributed by atoms with Crippen LogP contribution in [0.3, 0.4) is 0 Å². The second-order valence-electron chi connectivity index (χ2n) is 10.1. The Morgan fingerprint density at radius 3 is 2.51 bits per heavy atom. The van der Waals surface area contributed by atoms with E-state index in [9.17, 15) is 28.7 Å². The summed E-state index contributed by atoms with van der Waals surface area (Å²) in [6.45, 7) is 5.63. The summed E-state index contributed by atoms with van der Waals surface area (Å²) in [4.78, 5) is 52.0. The first-order chi connectivity index (χ1) is 18.5. The van der Waals surface area contributed by atoms with E-state index in [-0.39, 0.29) is 31.1 Å². The fourth-order valence-electron chi connectivity index (χ4n) is 4.06. The largest absolute Gasteiger partial charge is 0.493 e. The highest BCUT2D eigenvalue weighted by Crippen LogP contribution is 2.23. The number of carbonyl (C=O) groups is 4. The van der Waals surface area contributed by atoms with Crippen LogP contribution in [0.4, 0.5) is 4.39 Å². The van der Waals surface area contributed by atoms with Crippen LogP contribution in [0.15, 0.2) is 48.5 Å². The van der Waals surface area contributed by atoms with E-state index in [1.807, 2.05) is 13.8 Å². The fourth-order valence-corrected chi connectivity index (χ4v) is 4.06. The number of benzene rings is 2. The van der Waals surface area contributed by atoms with Crippen LogP contribution >= 0.6 is 0 Å². The van der Waals surface area contributed by atoms with E-state index in [0.717, 1.165) is 5.56 Å². The zero-order valence-corrected chi connectivity index (χ0v) is 22.3. The monoisotopic (exact) mass is 542 g/mol. The molecule has 10 nitrogen and oxygen atoms in total. The molecule has 5 N–H and O–H groups in total. The van der Waals surface area contributed by atoms with Gasteiger partial charge in [0.15, 0.2) is 0 Å². The molecule has 0 saturated carbocycles. The van der Waals surface area contributed by atoms with Gasteiger partial charge in [0.25, 0.3) is 5.91 Å². The Kier molecular flexibility index (Phi) is 10.00. The van der Waals surface area contributed by atoms with E-state index >= 15 is 0 Å². The highest BCUT2D eigenvalue weighted by molar-refractivity contribution is 6.01.